The van der Waals surface area contributed by atoms with E-state index in [1.807, 2.05) is 6.07 Å². The fourth-order valence-electron chi connectivity index (χ4n) is 5.03. The van der Waals surface area contributed by atoms with E-state index >= 15 is 4.39 Å². The van der Waals surface area contributed by atoms with Gasteiger partial charge in [0.2, 0.25) is 5.91 Å². The van der Waals surface area contributed by atoms with E-state index in [0.29, 0.717) is 46.5 Å². The molecule has 0 radical (unpaired) electrons. The highest BCUT2D eigenvalue weighted by Crippen LogP contribution is 2.39. The lowest BCUT2D eigenvalue weighted by atomic mass is 9.98. The van der Waals surface area contributed by atoms with Crippen LogP contribution in [0.4, 0.5) is 31.3 Å². The van der Waals surface area contributed by atoms with E-state index in [1.165, 1.54) is 18.6 Å². The molecule has 4 aromatic rings. The topological polar surface area (TPSA) is 132 Å². The van der Waals surface area contributed by atoms with E-state index in [4.69, 9.17) is 21.1 Å². The number of halogens is 2. The van der Waals surface area contributed by atoms with E-state index in [2.05, 4.69) is 20.4 Å². The van der Waals surface area contributed by atoms with Crippen molar-refractivity contribution in [3.05, 3.63) is 58.9 Å². The predicted molar refractivity (Wildman–Crippen MR) is 176 cm³/mol. The Labute approximate surface area is 276 Å². The summed E-state index contributed by atoms with van der Waals surface area (Å²) in [6.07, 6.45) is 2.92. The van der Waals surface area contributed by atoms with Gasteiger partial charge in [0, 0.05) is 60.7 Å². The first-order chi connectivity index (χ1) is 21.9. The summed E-state index contributed by atoms with van der Waals surface area (Å²) in [6, 6.07) is 5.16. The lowest BCUT2D eigenvalue weighted by Gasteiger charge is -2.29. The van der Waals surface area contributed by atoms with Crippen LogP contribution in [0.25, 0.3) is 21.9 Å². The summed E-state index contributed by atoms with van der Waals surface area (Å²) in [7, 11) is 1.76. The Bertz CT molecular complexity index is 1870. The molecule has 3 amide bonds. The Balaban J connectivity index is 1.54. The van der Waals surface area contributed by atoms with Crippen molar-refractivity contribution in [3.63, 3.8) is 0 Å². The molecular weight excluding hydrogens is 629 g/mol. The average Bonchev–Trinajstić information content (AvgIpc) is 3.27. The number of hydrogen-bond donors (Lipinski definition) is 1. The smallest absolute Gasteiger partial charge is 0.424 e. The van der Waals surface area contributed by atoms with Crippen molar-refractivity contribution >= 4 is 57.8 Å². The van der Waals surface area contributed by atoms with E-state index in [1.54, 1.807) is 77.2 Å². The van der Waals surface area contributed by atoms with E-state index in [0.717, 1.165) is 10.6 Å². The SMILES string of the molecule is Cc1c(-c2cc3cc(Nc4cc5n(n4)CC(=O)N(C)CC5)ncc3c(Cl)c2F)cncc1N(C(=O)OC(C)(C)C)C(=O)OC(C)(C)C. The molecule has 47 heavy (non-hydrogen) atoms. The van der Waals surface area contributed by atoms with Gasteiger partial charge < -0.3 is 19.7 Å². The highest BCUT2D eigenvalue weighted by atomic mass is 35.5. The first kappa shape index (κ1) is 33.6. The number of benzene rings is 1. The minimum atomic E-state index is -0.972. The number of fused-ring (bicyclic) bond motifs is 2. The molecule has 0 unspecified atom stereocenters. The van der Waals surface area contributed by atoms with Crippen molar-refractivity contribution in [3.8, 4) is 11.1 Å². The maximum absolute atomic E-state index is 15.9. The molecule has 3 aromatic heterocycles. The van der Waals surface area contributed by atoms with Crippen LogP contribution < -0.4 is 10.2 Å². The lowest BCUT2D eigenvalue weighted by molar-refractivity contribution is -0.130. The van der Waals surface area contributed by atoms with Gasteiger partial charge in [0.15, 0.2) is 5.82 Å². The summed E-state index contributed by atoms with van der Waals surface area (Å²) in [4.78, 5) is 50.0. The van der Waals surface area contributed by atoms with Gasteiger partial charge in [-0.25, -0.2) is 19.0 Å². The lowest BCUT2D eigenvalue weighted by Crippen LogP contribution is -2.44. The molecule has 4 heterocycles. The number of pyridine rings is 2. The highest BCUT2D eigenvalue weighted by molar-refractivity contribution is 6.36. The number of anilines is 3. The molecule has 1 aliphatic rings. The van der Waals surface area contributed by atoms with Crippen LogP contribution in [-0.4, -0.2) is 67.5 Å². The Morgan fingerprint density at radius 2 is 1.64 bits per heavy atom. The second-order valence-corrected chi connectivity index (χ2v) is 13.7. The van der Waals surface area contributed by atoms with Crippen molar-refractivity contribution in [1.29, 1.82) is 0 Å². The van der Waals surface area contributed by atoms with Crippen LogP contribution in [0.2, 0.25) is 5.02 Å². The maximum Gasteiger partial charge on any atom is 0.424 e. The predicted octanol–water partition coefficient (Wildman–Crippen LogP) is 7.03. The molecule has 0 saturated carbocycles. The number of ether oxygens (including phenoxy) is 2. The third kappa shape index (κ3) is 7.30. The molecule has 0 bridgehead atoms. The summed E-state index contributed by atoms with van der Waals surface area (Å²) in [5.74, 6) is 0.181. The third-order valence-electron chi connectivity index (χ3n) is 7.31. The number of nitrogens with one attached hydrogen (secondary N) is 1. The molecule has 0 spiro atoms. The number of likely N-dealkylation sites (N-methyl/N-ethyl adjacent to an activating group) is 1. The van der Waals surface area contributed by atoms with Crippen molar-refractivity contribution in [2.24, 2.45) is 0 Å². The number of imide groups is 1. The number of hydrogen-bond acceptors (Lipinski definition) is 9. The minimum absolute atomic E-state index is 0.0272. The largest absolute Gasteiger partial charge is 0.443 e. The molecule has 14 heteroatoms. The van der Waals surface area contributed by atoms with Crippen LogP contribution in [0.1, 0.15) is 52.8 Å². The monoisotopic (exact) mass is 665 g/mol. The Kier molecular flexibility index (Phi) is 8.89. The van der Waals surface area contributed by atoms with Gasteiger partial charge in [-0.05, 0) is 71.5 Å². The molecule has 0 atom stereocenters. The maximum atomic E-state index is 15.9. The zero-order chi connectivity index (χ0) is 34.4. The molecule has 1 aromatic carbocycles. The molecule has 12 nitrogen and oxygen atoms in total. The van der Waals surface area contributed by atoms with Crippen molar-refractivity contribution in [2.75, 3.05) is 23.8 Å². The van der Waals surface area contributed by atoms with Gasteiger partial charge in [0.1, 0.15) is 29.4 Å². The zero-order valence-electron chi connectivity index (χ0n) is 27.6. The van der Waals surface area contributed by atoms with Gasteiger partial charge >= 0.3 is 12.2 Å². The average molecular weight is 666 g/mol. The second-order valence-electron chi connectivity index (χ2n) is 13.3. The fraction of sp³-hybridized carbons (Fsp3) is 0.394. The number of rotatable bonds is 4. The third-order valence-corrected chi connectivity index (χ3v) is 7.68. The summed E-state index contributed by atoms with van der Waals surface area (Å²) in [5.41, 5.74) is -0.126. The van der Waals surface area contributed by atoms with Gasteiger partial charge in [-0.3, -0.25) is 14.5 Å². The van der Waals surface area contributed by atoms with Gasteiger partial charge in [0.25, 0.3) is 0 Å². The molecule has 5 rings (SSSR count). The number of carbonyl (C=O) groups excluding carboxylic acids is 3. The van der Waals surface area contributed by atoms with E-state index in [9.17, 15) is 14.4 Å². The highest BCUT2D eigenvalue weighted by Gasteiger charge is 2.34. The first-order valence-electron chi connectivity index (χ1n) is 15.0. The number of aromatic nitrogens is 4. The fourth-order valence-corrected chi connectivity index (χ4v) is 5.29. The Hall–Kier alpha value is -4.78. The van der Waals surface area contributed by atoms with Gasteiger partial charge in [0.05, 0.1) is 16.9 Å². The number of carbonyl (C=O) groups is 3. The normalized spacial score (nSPS) is 13.7. The van der Waals surface area contributed by atoms with Crippen molar-refractivity contribution < 1.29 is 28.2 Å². The summed E-state index contributed by atoms with van der Waals surface area (Å²) in [5, 5.41) is 8.46. The van der Waals surface area contributed by atoms with E-state index < -0.39 is 29.2 Å². The van der Waals surface area contributed by atoms with Crippen molar-refractivity contribution in [2.45, 2.75) is 72.6 Å². The summed E-state index contributed by atoms with van der Waals surface area (Å²) < 4.78 is 28.6. The number of nitrogens with zero attached hydrogens (tertiary/aromatic N) is 6. The van der Waals surface area contributed by atoms with Gasteiger partial charge in [-0.15, -0.1) is 0 Å². The van der Waals surface area contributed by atoms with Gasteiger partial charge in [-0.2, -0.15) is 10.00 Å². The molecule has 0 fully saturated rings. The minimum Gasteiger partial charge on any atom is -0.443 e. The van der Waals surface area contributed by atoms with Crippen molar-refractivity contribution in [1.82, 2.24) is 24.6 Å². The first-order valence-corrected chi connectivity index (χ1v) is 15.4. The molecule has 0 aliphatic carbocycles. The summed E-state index contributed by atoms with van der Waals surface area (Å²) >= 11 is 6.54. The van der Waals surface area contributed by atoms with Crippen LogP contribution in [0.15, 0.2) is 36.8 Å². The zero-order valence-corrected chi connectivity index (χ0v) is 28.3. The molecule has 248 valence electrons. The van der Waals surface area contributed by atoms with Crippen LogP contribution in [-0.2, 0) is 27.2 Å². The van der Waals surface area contributed by atoms with Crippen LogP contribution in [0.5, 0.6) is 0 Å². The molecule has 0 saturated heterocycles. The van der Waals surface area contributed by atoms with Crippen LogP contribution in [0, 0.1) is 12.7 Å². The standard InChI is InChI=1S/C33H37ClFN7O5/c1-18-22(14-36-16-24(18)42(30(44)46-32(2,3)4)31(45)47-33(5,6)7)21-11-19-12-25(37-15-23(19)28(34)29(21)35)38-26-13-20-9-10-40(8)27(43)17-41(20)39-26/h11-16H,9-10,17H2,1-8H3,(H,37,38,39). The molecular formula is C33H37ClFN7O5. The van der Waals surface area contributed by atoms with E-state index in [-0.39, 0.29) is 28.7 Å². The van der Waals surface area contributed by atoms with Crippen LogP contribution in [0.3, 0.4) is 0 Å². The Morgan fingerprint density at radius 1 is 0.979 bits per heavy atom. The Morgan fingerprint density at radius 3 is 2.28 bits per heavy atom. The summed E-state index contributed by atoms with van der Waals surface area (Å²) in [6.45, 7) is 12.4. The molecule has 1 aliphatic heterocycles. The second kappa shape index (κ2) is 12.4. The van der Waals surface area contributed by atoms with Gasteiger partial charge in [-0.1, -0.05) is 11.6 Å². The van der Waals surface area contributed by atoms with Crippen LogP contribution >= 0.6 is 11.6 Å². The number of amides is 3. The molecule has 1 N–H and O–H groups in total. The quantitative estimate of drug-likeness (QED) is 0.244.